The van der Waals surface area contributed by atoms with E-state index in [1.165, 1.54) is 4.88 Å². The van der Waals surface area contributed by atoms with Crippen molar-refractivity contribution in [2.45, 2.75) is 44.8 Å². The Hall–Kier alpha value is -1.89. The monoisotopic (exact) mass is 401 g/mol. The second-order valence-corrected chi connectivity index (χ2v) is 8.09. The summed E-state index contributed by atoms with van der Waals surface area (Å²) in [5, 5.41) is 8.62. The number of ether oxygens (including phenoxy) is 1. The molecule has 0 spiro atoms. The summed E-state index contributed by atoms with van der Waals surface area (Å²) in [5.41, 5.74) is 0.922. The fourth-order valence-corrected chi connectivity index (χ4v) is 4.42. The summed E-state index contributed by atoms with van der Waals surface area (Å²) in [7, 11) is 1.96. The number of likely N-dealkylation sites (N-methyl/N-ethyl adjacent to an activating group) is 1. The smallest absolute Gasteiger partial charge is 0.244 e. The highest BCUT2D eigenvalue weighted by Crippen LogP contribution is 2.31. The van der Waals surface area contributed by atoms with E-state index in [-0.39, 0.29) is 18.1 Å². The third-order valence-corrected chi connectivity index (χ3v) is 6.03. The first-order chi connectivity index (χ1) is 13.7. The SMILES string of the molecule is CCN[C@H]1CCCCN(c2cccc(OC(CCNC)c3cccs3)c2)C1=O. The van der Waals surface area contributed by atoms with Crippen LogP contribution in [0.4, 0.5) is 5.69 Å². The lowest BCUT2D eigenvalue weighted by Crippen LogP contribution is -2.45. The Morgan fingerprint density at radius 1 is 1.29 bits per heavy atom. The van der Waals surface area contributed by atoms with Gasteiger partial charge in [0.1, 0.15) is 11.9 Å². The molecule has 0 saturated carbocycles. The van der Waals surface area contributed by atoms with Crippen molar-refractivity contribution in [3.05, 3.63) is 46.7 Å². The minimum absolute atomic E-state index is 0.0111. The zero-order valence-corrected chi connectivity index (χ0v) is 17.6. The Morgan fingerprint density at radius 2 is 2.18 bits per heavy atom. The van der Waals surface area contributed by atoms with Gasteiger partial charge in [0.2, 0.25) is 5.91 Å². The van der Waals surface area contributed by atoms with Crippen LogP contribution in [0.25, 0.3) is 0 Å². The number of hydrogen-bond donors (Lipinski definition) is 2. The zero-order valence-electron chi connectivity index (χ0n) is 16.8. The summed E-state index contributed by atoms with van der Waals surface area (Å²) in [6, 6.07) is 12.1. The molecule has 1 aliphatic rings. The van der Waals surface area contributed by atoms with Crippen LogP contribution in [0.5, 0.6) is 5.75 Å². The molecule has 0 radical (unpaired) electrons. The second kappa shape index (κ2) is 10.6. The maximum atomic E-state index is 13.0. The van der Waals surface area contributed by atoms with Crippen LogP contribution in [0.3, 0.4) is 0 Å². The molecule has 0 bridgehead atoms. The standard InChI is InChI=1S/C22H31N3O2S/c1-3-24-19-10-4-5-14-25(22(19)26)17-8-6-9-18(16-17)27-20(12-13-23-2)21-11-7-15-28-21/h6-9,11,15-16,19-20,23-24H,3-5,10,12-14H2,1-2H3/t19-,20?/m0/s1. The molecule has 3 rings (SSSR count). The topological polar surface area (TPSA) is 53.6 Å². The fourth-order valence-electron chi connectivity index (χ4n) is 3.63. The number of hydrogen-bond acceptors (Lipinski definition) is 5. The zero-order chi connectivity index (χ0) is 19.8. The molecule has 28 heavy (non-hydrogen) atoms. The number of anilines is 1. The van der Waals surface area contributed by atoms with E-state index >= 15 is 0 Å². The van der Waals surface area contributed by atoms with E-state index in [1.54, 1.807) is 11.3 Å². The van der Waals surface area contributed by atoms with Crippen LogP contribution in [-0.2, 0) is 4.79 Å². The molecule has 0 aliphatic carbocycles. The predicted molar refractivity (Wildman–Crippen MR) is 116 cm³/mol. The van der Waals surface area contributed by atoms with Crippen molar-refractivity contribution in [1.29, 1.82) is 0 Å². The fraction of sp³-hybridized carbons (Fsp3) is 0.500. The number of thiophene rings is 1. The van der Waals surface area contributed by atoms with Gasteiger partial charge in [0, 0.05) is 29.6 Å². The van der Waals surface area contributed by atoms with Gasteiger partial charge in [0.15, 0.2) is 0 Å². The van der Waals surface area contributed by atoms with Gasteiger partial charge < -0.3 is 20.3 Å². The number of amides is 1. The number of benzene rings is 1. The average molecular weight is 402 g/mol. The maximum absolute atomic E-state index is 13.0. The number of nitrogens with zero attached hydrogens (tertiary/aromatic N) is 1. The van der Waals surface area contributed by atoms with E-state index in [0.717, 1.165) is 56.8 Å². The van der Waals surface area contributed by atoms with Crippen molar-refractivity contribution in [3.63, 3.8) is 0 Å². The Kier molecular flexibility index (Phi) is 7.89. The van der Waals surface area contributed by atoms with Crippen molar-refractivity contribution in [2.75, 3.05) is 31.6 Å². The highest BCUT2D eigenvalue weighted by molar-refractivity contribution is 7.10. The molecule has 2 atom stereocenters. The minimum Gasteiger partial charge on any atom is -0.485 e. The van der Waals surface area contributed by atoms with Crippen LogP contribution in [0.1, 0.15) is 43.6 Å². The van der Waals surface area contributed by atoms with Crippen LogP contribution < -0.4 is 20.3 Å². The third-order valence-electron chi connectivity index (χ3n) is 5.06. The van der Waals surface area contributed by atoms with E-state index in [4.69, 9.17) is 4.74 Å². The van der Waals surface area contributed by atoms with Crippen molar-refractivity contribution in [1.82, 2.24) is 10.6 Å². The van der Waals surface area contributed by atoms with Crippen LogP contribution in [-0.4, -0.2) is 38.6 Å². The number of nitrogens with one attached hydrogen (secondary N) is 2. The van der Waals surface area contributed by atoms with E-state index in [9.17, 15) is 4.79 Å². The van der Waals surface area contributed by atoms with Gasteiger partial charge in [-0.15, -0.1) is 11.3 Å². The van der Waals surface area contributed by atoms with Gasteiger partial charge in [-0.25, -0.2) is 0 Å². The summed E-state index contributed by atoms with van der Waals surface area (Å²) in [6.07, 6.45) is 3.91. The molecule has 1 unspecified atom stereocenters. The quantitative estimate of drug-likeness (QED) is 0.668. The summed E-state index contributed by atoms with van der Waals surface area (Å²) >= 11 is 1.72. The van der Waals surface area contributed by atoms with Crippen LogP contribution >= 0.6 is 11.3 Å². The van der Waals surface area contributed by atoms with Gasteiger partial charge in [-0.05, 0) is 63.0 Å². The average Bonchev–Trinajstić information content (AvgIpc) is 3.18. The van der Waals surface area contributed by atoms with E-state index < -0.39 is 0 Å². The Morgan fingerprint density at radius 3 is 2.93 bits per heavy atom. The number of carbonyl (C=O) groups is 1. The van der Waals surface area contributed by atoms with Crippen LogP contribution in [0, 0.1) is 0 Å². The van der Waals surface area contributed by atoms with Crippen LogP contribution in [0.2, 0.25) is 0 Å². The highest BCUT2D eigenvalue weighted by Gasteiger charge is 2.27. The lowest BCUT2D eigenvalue weighted by atomic mass is 10.1. The number of carbonyl (C=O) groups excluding carboxylic acids is 1. The molecule has 152 valence electrons. The third kappa shape index (κ3) is 5.34. The molecule has 1 saturated heterocycles. The molecule has 2 heterocycles. The lowest BCUT2D eigenvalue weighted by molar-refractivity contribution is -0.120. The Labute approximate surface area is 172 Å². The normalized spacial score (nSPS) is 18.7. The molecule has 2 aromatic rings. The van der Waals surface area contributed by atoms with E-state index in [2.05, 4.69) is 28.1 Å². The van der Waals surface area contributed by atoms with Gasteiger partial charge in [0.05, 0.1) is 6.04 Å². The molecule has 1 aliphatic heterocycles. The molecule has 2 N–H and O–H groups in total. The number of rotatable bonds is 9. The molecule has 1 amide bonds. The van der Waals surface area contributed by atoms with Crippen molar-refractivity contribution in [2.24, 2.45) is 0 Å². The van der Waals surface area contributed by atoms with Crippen molar-refractivity contribution in [3.8, 4) is 5.75 Å². The molecular formula is C22H31N3O2S. The van der Waals surface area contributed by atoms with Gasteiger partial charge >= 0.3 is 0 Å². The molecule has 1 aromatic heterocycles. The van der Waals surface area contributed by atoms with Crippen molar-refractivity contribution < 1.29 is 9.53 Å². The van der Waals surface area contributed by atoms with Gasteiger partial charge in [0.25, 0.3) is 0 Å². The van der Waals surface area contributed by atoms with Gasteiger partial charge in [-0.1, -0.05) is 19.1 Å². The van der Waals surface area contributed by atoms with Gasteiger partial charge in [-0.3, -0.25) is 4.79 Å². The molecular weight excluding hydrogens is 370 g/mol. The first kappa shape index (κ1) is 20.8. The van der Waals surface area contributed by atoms with E-state index in [0.29, 0.717) is 0 Å². The Balaban J connectivity index is 1.77. The first-order valence-corrected chi connectivity index (χ1v) is 11.1. The largest absolute Gasteiger partial charge is 0.485 e. The Bertz CT molecular complexity index is 735. The first-order valence-electron chi connectivity index (χ1n) is 10.2. The molecule has 1 fully saturated rings. The molecule has 6 heteroatoms. The summed E-state index contributed by atoms with van der Waals surface area (Å²) in [5.74, 6) is 0.977. The highest BCUT2D eigenvalue weighted by atomic mass is 32.1. The second-order valence-electron chi connectivity index (χ2n) is 7.11. The maximum Gasteiger partial charge on any atom is 0.244 e. The van der Waals surface area contributed by atoms with E-state index in [1.807, 2.05) is 43.1 Å². The summed E-state index contributed by atoms with van der Waals surface area (Å²) < 4.78 is 6.35. The summed E-state index contributed by atoms with van der Waals surface area (Å²) in [4.78, 5) is 16.2. The van der Waals surface area contributed by atoms with Crippen LogP contribution in [0.15, 0.2) is 41.8 Å². The molecule has 1 aromatic carbocycles. The predicted octanol–water partition coefficient (Wildman–Crippen LogP) is 3.97. The molecule has 5 nitrogen and oxygen atoms in total. The lowest BCUT2D eigenvalue weighted by Gasteiger charge is -2.26. The summed E-state index contributed by atoms with van der Waals surface area (Å²) in [6.45, 7) is 4.50. The van der Waals surface area contributed by atoms with Crippen molar-refractivity contribution >= 4 is 22.9 Å². The van der Waals surface area contributed by atoms with Gasteiger partial charge in [-0.2, -0.15) is 0 Å². The minimum atomic E-state index is -0.0911.